The summed E-state index contributed by atoms with van der Waals surface area (Å²) in [5, 5.41) is 37.7. The molecule has 0 saturated carbocycles. The first-order valence-electron chi connectivity index (χ1n) is 21.5. The van der Waals surface area contributed by atoms with E-state index in [1.54, 1.807) is 34.8 Å². The number of carbonyl (C=O) groups excluding carboxylic acids is 3. The topological polar surface area (TPSA) is 201 Å². The van der Waals surface area contributed by atoms with Crippen LogP contribution in [-0.2, 0) is 52.3 Å². The number of ether oxygens (including phenoxy) is 8. The molecule has 0 aromatic rings. The van der Waals surface area contributed by atoms with E-state index in [9.17, 15) is 29.7 Å². The van der Waals surface area contributed by atoms with Crippen LogP contribution in [0.5, 0.6) is 0 Å². The van der Waals surface area contributed by atoms with Crippen LogP contribution in [0.25, 0.3) is 0 Å². The first-order valence-corrected chi connectivity index (χ1v) is 21.5. The molecule has 0 bridgehead atoms. The molecule has 18 atom stereocenters. The summed E-state index contributed by atoms with van der Waals surface area (Å²) in [6.07, 6.45) is -7.53. The fourth-order valence-corrected chi connectivity index (χ4v) is 9.43. The highest BCUT2D eigenvalue weighted by molar-refractivity contribution is 5.83. The molecule has 3 rings (SSSR count). The number of cyclic esters (lactones) is 1. The Bertz CT molecular complexity index is 1370. The van der Waals surface area contributed by atoms with Gasteiger partial charge in [0.05, 0.1) is 47.6 Å². The van der Waals surface area contributed by atoms with Crippen molar-refractivity contribution in [1.29, 1.82) is 0 Å². The van der Waals surface area contributed by atoms with Gasteiger partial charge in [-0.3, -0.25) is 14.4 Å². The Morgan fingerprint density at radius 1 is 0.915 bits per heavy atom. The van der Waals surface area contributed by atoms with Gasteiger partial charge in [0.15, 0.2) is 12.6 Å². The molecule has 0 unspecified atom stereocenters. The molecule has 0 aromatic carbocycles. The Labute approximate surface area is 352 Å². The smallest absolute Gasteiger partial charge is 0.311 e. The number of aliphatic hydroxyl groups is 3. The zero-order valence-electron chi connectivity index (χ0n) is 38.4. The van der Waals surface area contributed by atoms with Gasteiger partial charge in [-0.1, -0.05) is 27.7 Å². The highest BCUT2D eigenvalue weighted by Crippen LogP contribution is 2.42. The third-order valence-corrected chi connectivity index (χ3v) is 13.2. The molecular formula is C43H78N2O14. The molecule has 16 heteroatoms. The van der Waals surface area contributed by atoms with Gasteiger partial charge in [0.1, 0.15) is 29.7 Å². The number of nitrogens with zero attached hydrogens (tertiary/aromatic N) is 1. The summed E-state index contributed by atoms with van der Waals surface area (Å²) in [7, 11) is 6.87. The third kappa shape index (κ3) is 12.2. The molecule has 0 spiro atoms. The number of hydrogen-bond donors (Lipinski definition) is 4. The molecule has 344 valence electrons. The number of amides is 1. The highest BCUT2D eigenvalue weighted by Gasteiger charge is 2.54. The lowest BCUT2D eigenvalue weighted by atomic mass is 9.74. The van der Waals surface area contributed by atoms with Crippen molar-refractivity contribution in [1.82, 2.24) is 10.2 Å². The Morgan fingerprint density at radius 2 is 1.53 bits per heavy atom. The van der Waals surface area contributed by atoms with E-state index in [0.29, 0.717) is 26.0 Å². The summed E-state index contributed by atoms with van der Waals surface area (Å²) < 4.78 is 51.3. The fraction of sp³-hybridized carbons (Fsp3) is 0.930. The second kappa shape index (κ2) is 21.5. The number of aliphatic hydroxyl groups excluding tert-OH is 2. The van der Waals surface area contributed by atoms with Crippen molar-refractivity contribution in [2.24, 2.45) is 23.7 Å². The average Bonchev–Trinajstić information content (AvgIpc) is 3.17. The number of carbonyl (C=O) groups is 3. The van der Waals surface area contributed by atoms with Crippen LogP contribution in [-0.4, -0.2) is 164 Å². The van der Waals surface area contributed by atoms with Crippen LogP contribution in [0, 0.1) is 23.7 Å². The fourth-order valence-electron chi connectivity index (χ4n) is 9.43. The third-order valence-electron chi connectivity index (χ3n) is 13.2. The Morgan fingerprint density at radius 3 is 2.08 bits per heavy atom. The number of nitrogens with one attached hydrogen (secondary N) is 1. The summed E-state index contributed by atoms with van der Waals surface area (Å²) in [5.74, 6) is -4.62. The molecule has 59 heavy (non-hydrogen) atoms. The van der Waals surface area contributed by atoms with Crippen molar-refractivity contribution in [2.45, 2.75) is 193 Å². The minimum absolute atomic E-state index is 0.106. The maximum atomic E-state index is 14.4. The Hall–Kier alpha value is -1.83. The molecule has 3 heterocycles. The van der Waals surface area contributed by atoms with E-state index in [2.05, 4.69) is 5.32 Å². The van der Waals surface area contributed by atoms with E-state index in [0.717, 1.165) is 0 Å². The van der Waals surface area contributed by atoms with Gasteiger partial charge >= 0.3 is 5.97 Å². The van der Waals surface area contributed by atoms with Crippen molar-refractivity contribution in [3.8, 4) is 0 Å². The van der Waals surface area contributed by atoms with E-state index < -0.39 is 102 Å². The summed E-state index contributed by atoms with van der Waals surface area (Å²) in [6.45, 7) is 19.7. The average molecular weight is 847 g/mol. The monoisotopic (exact) mass is 847 g/mol. The van der Waals surface area contributed by atoms with Crippen LogP contribution >= 0.6 is 0 Å². The molecule has 0 aromatic heterocycles. The predicted molar refractivity (Wildman–Crippen MR) is 218 cm³/mol. The molecule has 1 amide bonds. The predicted octanol–water partition coefficient (Wildman–Crippen LogP) is 2.99. The summed E-state index contributed by atoms with van der Waals surface area (Å²) in [4.78, 5) is 41.8. The number of ketones is 1. The van der Waals surface area contributed by atoms with Crippen molar-refractivity contribution in [2.75, 3.05) is 41.5 Å². The number of methoxy groups -OCH3 is 2. The van der Waals surface area contributed by atoms with Crippen molar-refractivity contribution in [3.05, 3.63) is 0 Å². The van der Waals surface area contributed by atoms with Crippen LogP contribution in [0.15, 0.2) is 0 Å². The Balaban J connectivity index is 2.15. The minimum atomic E-state index is -1.98. The van der Waals surface area contributed by atoms with Gasteiger partial charge < -0.3 is 63.4 Å². The Kier molecular flexibility index (Phi) is 18.8. The van der Waals surface area contributed by atoms with Gasteiger partial charge in [0.25, 0.3) is 0 Å². The van der Waals surface area contributed by atoms with Crippen LogP contribution < -0.4 is 5.32 Å². The van der Waals surface area contributed by atoms with E-state index in [-0.39, 0.29) is 43.1 Å². The normalized spacial score (nSPS) is 44.5. The molecule has 3 aliphatic rings. The van der Waals surface area contributed by atoms with Gasteiger partial charge in [0.2, 0.25) is 5.91 Å². The molecule has 0 radical (unpaired) electrons. The largest absolute Gasteiger partial charge is 0.459 e. The maximum Gasteiger partial charge on any atom is 0.311 e. The number of rotatable bonds is 13. The lowest BCUT2D eigenvalue weighted by Crippen LogP contribution is -2.61. The number of hydrogen-bond acceptors (Lipinski definition) is 15. The SMILES string of the molecule is CC[C@H]1OC(=O)[C@H](C)[C@@H](O[C@H]2C[C@@](C)(OC)[C@@H](OCCCNC(C)=O)[C@H](C)O2)[C@H](C)[C@@H](O[C@@H]2O[C@H](C)C[C@H](N(C)C)[C@H]2O)[C@](C)(OC)C[C@@H](C)C(=O)[C@H](C)[C@@H](O)[C@]1(C)O. The van der Waals surface area contributed by atoms with Gasteiger partial charge in [-0.15, -0.1) is 0 Å². The van der Waals surface area contributed by atoms with E-state index in [4.69, 9.17) is 37.9 Å². The number of likely N-dealkylation sites (N-methyl/N-ethyl adjacent to an activating group) is 1. The summed E-state index contributed by atoms with van der Waals surface area (Å²) in [6, 6.07) is -0.293. The van der Waals surface area contributed by atoms with Crippen LogP contribution in [0.3, 0.4) is 0 Å². The summed E-state index contributed by atoms with van der Waals surface area (Å²) >= 11 is 0. The minimum Gasteiger partial charge on any atom is -0.459 e. The standard InChI is InChI=1S/C43H78N2O14/c1-16-31-43(11,51)36(49)25(4)33(47)23(2)21-41(9,52-14)37(59-40-34(48)30(45(12)13)20-24(3)55-40)26(5)35(27(6)39(50)57-31)58-32-22-42(10,53-15)38(28(7)56-32)54-19-17-18-44-29(8)46/h23-28,30-32,34-38,40,48-49,51H,16-22H2,1-15H3,(H,44,46)/t23-,24-,25+,26+,27-,28+,30+,31-,32+,34-,35+,36-,37-,38+,40+,41-,42-,43-/m1/s1. The van der Waals surface area contributed by atoms with Crippen molar-refractivity contribution < 1.29 is 67.6 Å². The number of esters is 1. The van der Waals surface area contributed by atoms with Gasteiger partial charge in [-0.05, 0) is 81.3 Å². The number of Topliss-reactive ketones (excluding diaryl/α,β-unsaturated/α-hetero) is 1. The molecule has 16 nitrogen and oxygen atoms in total. The lowest BCUT2D eigenvalue weighted by Gasteiger charge is -2.50. The molecule has 3 fully saturated rings. The highest BCUT2D eigenvalue weighted by atomic mass is 16.7. The van der Waals surface area contributed by atoms with Crippen molar-refractivity contribution >= 4 is 17.7 Å². The van der Waals surface area contributed by atoms with E-state index in [1.165, 1.54) is 21.0 Å². The van der Waals surface area contributed by atoms with E-state index in [1.807, 2.05) is 53.6 Å². The second-order valence-electron chi connectivity index (χ2n) is 18.3. The zero-order chi connectivity index (χ0) is 44.8. The first-order chi connectivity index (χ1) is 27.4. The molecular weight excluding hydrogens is 768 g/mol. The van der Waals surface area contributed by atoms with Crippen molar-refractivity contribution in [3.63, 3.8) is 0 Å². The first kappa shape index (κ1) is 51.5. The maximum absolute atomic E-state index is 14.4. The molecule has 3 aliphatic heterocycles. The quantitative estimate of drug-likeness (QED) is 0.156. The lowest BCUT2D eigenvalue weighted by molar-refractivity contribution is -0.322. The van der Waals surface area contributed by atoms with Crippen LogP contribution in [0.2, 0.25) is 0 Å². The van der Waals surface area contributed by atoms with Gasteiger partial charge in [0, 0.05) is 64.5 Å². The zero-order valence-corrected chi connectivity index (χ0v) is 38.4. The molecule has 3 saturated heterocycles. The van der Waals surface area contributed by atoms with E-state index >= 15 is 0 Å². The molecule has 0 aliphatic carbocycles. The van der Waals surface area contributed by atoms with Crippen LogP contribution in [0.1, 0.15) is 108 Å². The molecule has 4 N–H and O–H groups in total. The second-order valence-corrected chi connectivity index (χ2v) is 18.3. The van der Waals surface area contributed by atoms with Gasteiger partial charge in [-0.25, -0.2) is 0 Å². The van der Waals surface area contributed by atoms with Crippen LogP contribution in [0.4, 0.5) is 0 Å². The van der Waals surface area contributed by atoms with Gasteiger partial charge in [-0.2, -0.15) is 0 Å². The summed E-state index contributed by atoms with van der Waals surface area (Å²) in [5.41, 5.74) is -4.14.